The Balaban J connectivity index is 2.14. The van der Waals surface area contributed by atoms with Crippen molar-refractivity contribution in [1.29, 1.82) is 0 Å². The van der Waals surface area contributed by atoms with E-state index in [1.807, 2.05) is 6.92 Å². The van der Waals surface area contributed by atoms with Gasteiger partial charge in [-0.15, -0.1) is 0 Å². The lowest BCUT2D eigenvalue weighted by molar-refractivity contribution is 0.747. The molecule has 1 saturated carbocycles. The Morgan fingerprint density at radius 1 is 1.22 bits per heavy atom. The van der Waals surface area contributed by atoms with Crippen molar-refractivity contribution in [2.75, 3.05) is 23.3 Å². The van der Waals surface area contributed by atoms with Gasteiger partial charge in [0.1, 0.15) is 17.5 Å². The molecule has 1 N–H and O–H groups in total. The zero-order chi connectivity index (χ0) is 13.0. The standard InChI is InChI=1S/C14H24N4/c1-4-18(5-2)14-10-13(15-11(3)16-14)17-12-8-6-7-9-12/h10,12H,4-9H2,1-3H3,(H,15,16,17). The summed E-state index contributed by atoms with van der Waals surface area (Å²) in [6.45, 7) is 8.24. The van der Waals surface area contributed by atoms with E-state index in [9.17, 15) is 0 Å². The first kappa shape index (κ1) is 13.1. The van der Waals surface area contributed by atoms with E-state index in [1.165, 1.54) is 25.7 Å². The van der Waals surface area contributed by atoms with E-state index in [0.29, 0.717) is 6.04 Å². The average molecular weight is 248 g/mol. The number of aromatic nitrogens is 2. The number of nitrogens with zero attached hydrogens (tertiary/aromatic N) is 3. The fourth-order valence-electron chi connectivity index (χ4n) is 2.61. The Kier molecular flexibility index (Phi) is 4.39. The first-order chi connectivity index (χ1) is 8.72. The third-order valence-electron chi connectivity index (χ3n) is 3.62. The third-order valence-corrected chi connectivity index (χ3v) is 3.62. The summed E-state index contributed by atoms with van der Waals surface area (Å²) in [5, 5.41) is 3.55. The summed E-state index contributed by atoms with van der Waals surface area (Å²) in [5.74, 6) is 2.86. The molecule has 0 spiro atoms. The number of anilines is 2. The van der Waals surface area contributed by atoms with Gasteiger partial charge in [-0.25, -0.2) is 9.97 Å². The van der Waals surface area contributed by atoms with Crippen LogP contribution in [0, 0.1) is 6.92 Å². The summed E-state index contributed by atoms with van der Waals surface area (Å²) in [6.07, 6.45) is 5.21. The summed E-state index contributed by atoms with van der Waals surface area (Å²) in [6, 6.07) is 2.68. The highest BCUT2D eigenvalue weighted by molar-refractivity contribution is 5.49. The van der Waals surface area contributed by atoms with Crippen molar-refractivity contribution in [3.05, 3.63) is 11.9 Å². The van der Waals surface area contributed by atoms with E-state index >= 15 is 0 Å². The van der Waals surface area contributed by atoms with Crippen molar-refractivity contribution in [2.45, 2.75) is 52.5 Å². The van der Waals surface area contributed by atoms with Crippen LogP contribution < -0.4 is 10.2 Å². The van der Waals surface area contributed by atoms with Crippen molar-refractivity contribution in [1.82, 2.24) is 9.97 Å². The number of hydrogen-bond acceptors (Lipinski definition) is 4. The Bertz CT molecular complexity index is 381. The van der Waals surface area contributed by atoms with Gasteiger partial charge in [0.05, 0.1) is 0 Å². The molecule has 0 atom stereocenters. The van der Waals surface area contributed by atoms with Crippen molar-refractivity contribution in [3.63, 3.8) is 0 Å². The fraction of sp³-hybridized carbons (Fsp3) is 0.714. The van der Waals surface area contributed by atoms with Crippen LogP contribution in [-0.2, 0) is 0 Å². The number of nitrogens with one attached hydrogen (secondary N) is 1. The SMILES string of the molecule is CCN(CC)c1cc(NC2CCCC2)nc(C)n1. The highest BCUT2D eigenvalue weighted by Gasteiger charge is 2.16. The molecule has 0 saturated heterocycles. The molecule has 2 rings (SSSR count). The van der Waals surface area contributed by atoms with Gasteiger partial charge in [0, 0.05) is 25.2 Å². The predicted octanol–water partition coefficient (Wildman–Crippen LogP) is 2.99. The van der Waals surface area contributed by atoms with E-state index in [1.54, 1.807) is 0 Å². The Hall–Kier alpha value is -1.32. The number of rotatable bonds is 5. The molecule has 1 fully saturated rings. The molecule has 0 unspecified atom stereocenters. The minimum atomic E-state index is 0.601. The van der Waals surface area contributed by atoms with Gasteiger partial charge in [0.2, 0.25) is 0 Å². The summed E-state index contributed by atoms with van der Waals surface area (Å²) in [5.41, 5.74) is 0. The van der Waals surface area contributed by atoms with Crippen molar-refractivity contribution in [2.24, 2.45) is 0 Å². The van der Waals surface area contributed by atoms with Crippen LogP contribution in [0.2, 0.25) is 0 Å². The van der Waals surface area contributed by atoms with E-state index < -0.39 is 0 Å². The molecule has 100 valence electrons. The highest BCUT2D eigenvalue weighted by atomic mass is 15.2. The molecular weight excluding hydrogens is 224 g/mol. The second-order valence-corrected chi connectivity index (χ2v) is 4.96. The first-order valence-corrected chi connectivity index (χ1v) is 7.10. The van der Waals surface area contributed by atoms with E-state index in [4.69, 9.17) is 0 Å². The normalized spacial score (nSPS) is 15.9. The van der Waals surface area contributed by atoms with Gasteiger partial charge in [-0.1, -0.05) is 12.8 Å². The topological polar surface area (TPSA) is 41.0 Å². The van der Waals surface area contributed by atoms with Crippen LogP contribution in [0.1, 0.15) is 45.4 Å². The second-order valence-electron chi connectivity index (χ2n) is 4.96. The minimum absolute atomic E-state index is 0.601. The molecule has 4 heteroatoms. The zero-order valence-electron chi connectivity index (χ0n) is 11.7. The summed E-state index contributed by atoms with van der Waals surface area (Å²) >= 11 is 0. The van der Waals surface area contributed by atoms with Crippen LogP contribution in [0.5, 0.6) is 0 Å². The van der Waals surface area contributed by atoms with E-state index in [0.717, 1.165) is 30.5 Å². The summed E-state index contributed by atoms with van der Waals surface area (Å²) < 4.78 is 0. The first-order valence-electron chi connectivity index (χ1n) is 7.10. The highest BCUT2D eigenvalue weighted by Crippen LogP contribution is 2.23. The smallest absolute Gasteiger partial charge is 0.134 e. The van der Waals surface area contributed by atoms with Gasteiger partial charge in [-0.3, -0.25) is 0 Å². The molecule has 0 amide bonds. The molecule has 0 aliphatic heterocycles. The largest absolute Gasteiger partial charge is 0.367 e. The number of hydrogen-bond donors (Lipinski definition) is 1. The fourth-order valence-corrected chi connectivity index (χ4v) is 2.61. The van der Waals surface area contributed by atoms with Gasteiger partial charge in [0.15, 0.2) is 0 Å². The van der Waals surface area contributed by atoms with E-state index in [-0.39, 0.29) is 0 Å². The van der Waals surface area contributed by atoms with Gasteiger partial charge in [-0.05, 0) is 33.6 Å². The molecular formula is C14H24N4. The predicted molar refractivity (Wildman–Crippen MR) is 76.2 cm³/mol. The van der Waals surface area contributed by atoms with Gasteiger partial charge in [0.25, 0.3) is 0 Å². The minimum Gasteiger partial charge on any atom is -0.367 e. The Labute approximate surface area is 110 Å². The van der Waals surface area contributed by atoms with Crippen LogP contribution >= 0.6 is 0 Å². The van der Waals surface area contributed by atoms with Crippen molar-refractivity contribution in [3.8, 4) is 0 Å². The molecule has 1 heterocycles. The van der Waals surface area contributed by atoms with Crippen LogP contribution in [0.3, 0.4) is 0 Å². The maximum Gasteiger partial charge on any atom is 0.134 e. The van der Waals surface area contributed by atoms with Gasteiger partial charge in [-0.2, -0.15) is 0 Å². The lowest BCUT2D eigenvalue weighted by Gasteiger charge is -2.21. The van der Waals surface area contributed by atoms with Crippen molar-refractivity contribution < 1.29 is 0 Å². The third kappa shape index (κ3) is 3.12. The second kappa shape index (κ2) is 6.03. The molecule has 1 aromatic rings. The number of aryl methyl sites for hydroxylation is 1. The van der Waals surface area contributed by atoms with Crippen LogP contribution in [0.15, 0.2) is 6.07 Å². The summed E-state index contributed by atoms with van der Waals surface area (Å²) in [4.78, 5) is 11.3. The van der Waals surface area contributed by atoms with E-state index in [2.05, 4.69) is 40.1 Å². The molecule has 1 aliphatic rings. The lowest BCUT2D eigenvalue weighted by Crippen LogP contribution is -2.24. The van der Waals surface area contributed by atoms with Crippen LogP contribution in [0.4, 0.5) is 11.6 Å². The van der Waals surface area contributed by atoms with Crippen molar-refractivity contribution >= 4 is 11.6 Å². The zero-order valence-corrected chi connectivity index (χ0v) is 11.7. The quantitative estimate of drug-likeness (QED) is 0.869. The Morgan fingerprint density at radius 2 is 1.89 bits per heavy atom. The van der Waals surface area contributed by atoms with Gasteiger partial charge >= 0.3 is 0 Å². The maximum absolute atomic E-state index is 4.53. The van der Waals surface area contributed by atoms with Crippen LogP contribution in [-0.4, -0.2) is 29.1 Å². The van der Waals surface area contributed by atoms with Crippen LogP contribution in [0.25, 0.3) is 0 Å². The molecule has 4 nitrogen and oxygen atoms in total. The molecule has 1 aromatic heterocycles. The molecule has 0 aromatic carbocycles. The molecule has 18 heavy (non-hydrogen) atoms. The molecule has 0 bridgehead atoms. The molecule has 0 radical (unpaired) electrons. The monoisotopic (exact) mass is 248 g/mol. The maximum atomic E-state index is 4.53. The Morgan fingerprint density at radius 3 is 2.50 bits per heavy atom. The lowest BCUT2D eigenvalue weighted by atomic mass is 10.2. The van der Waals surface area contributed by atoms with Gasteiger partial charge < -0.3 is 10.2 Å². The average Bonchev–Trinajstić information content (AvgIpc) is 2.83. The molecule has 1 aliphatic carbocycles. The summed E-state index contributed by atoms with van der Waals surface area (Å²) in [7, 11) is 0.